The van der Waals surface area contributed by atoms with Gasteiger partial charge in [0.1, 0.15) is 0 Å². The van der Waals surface area contributed by atoms with Gasteiger partial charge in [-0.05, 0) is 36.2 Å². The third-order valence-corrected chi connectivity index (χ3v) is 3.76. The zero-order chi connectivity index (χ0) is 17.3. The molecule has 1 heterocycles. The standard InChI is InChI=1S/C21H22N4.HI/c1-17-9-11-18(12-10-17)15-23-21(25-20-7-3-2-4-8-20)24-16-19-6-5-13-22-14-19;/h2-14H,15-16H2,1H3,(H2,23,24,25);1H. The van der Waals surface area contributed by atoms with Crippen molar-refractivity contribution in [2.45, 2.75) is 20.0 Å². The Morgan fingerprint density at radius 3 is 2.38 bits per heavy atom. The number of benzene rings is 2. The molecule has 0 aliphatic carbocycles. The second-order valence-electron chi connectivity index (χ2n) is 5.86. The van der Waals surface area contributed by atoms with E-state index >= 15 is 0 Å². The molecule has 0 spiro atoms. The van der Waals surface area contributed by atoms with Gasteiger partial charge < -0.3 is 10.6 Å². The molecule has 134 valence electrons. The number of aryl methyl sites for hydroxylation is 1. The fourth-order valence-corrected chi connectivity index (χ4v) is 2.35. The molecule has 0 aliphatic rings. The Morgan fingerprint density at radius 1 is 0.923 bits per heavy atom. The molecule has 26 heavy (non-hydrogen) atoms. The predicted molar refractivity (Wildman–Crippen MR) is 119 cm³/mol. The number of aliphatic imine (C=N–C) groups is 1. The normalized spacial score (nSPS) is 10.7. The monoisotopic (exact) mass is 458 g/mol. The zero-order valence-electron chi connectivity index (χ0n) is 14.7. The van der Waals surface area contributed by atoms with Crippen molar-refractivity contribution >= 4 is 35.6 Å². The SMILES string of the molecule is Cc1ccc(CNC(=NCc2cccnc2)Nc2ccccc2)cc1.I. The molecule has 4 nitrogen and oxygen atoms in total. The smallest absolute Gasteiger partial charge is 0.196 e. The van der Waals surface area contributed by atoms with Crippen LogP contribution in [-0.4, -0.2) is 10.9 Å². The average molecular weight is 458 g/mol. The van der Waals surface area contributed by atoms with E-state index in [4.69, 9.17) is 0 Å². The van der Waals surface area contributed by atoms with E-state index in [2.05, 4.69) is 51.8 Å². The number of pyridine rings is 1. The first-order valence-electron chi connectivity index (χ1n) is 8.34. The third-order valence-electron chi connectivity index (χ3n) is 3.76. The summed E-state index contributed by atoms with van der Waals surface area (Å²) in [7, 11) is 0. The minimum absolute atomic E-state index is 0. The van der Waals surface area contributed by atoms with Crippen LogP contribution in [0.15, 0.2) is 84.1 Å². The maximum atomic E-state index is 4.68. The van der Waals surface area contributed by atoms with Crippen molar-refractivity contribution < 1.29 is 0 Å². The van der Waals surface area contributed by atoms with Gasteiger partial charge in [-0.15, -0.1) is 24.0 Å². The molecule has 0 saturated carbocycles. The van der Waals surface area contributed by atoms with Gasteiger partial charge in [0.25, 0.3) is 0 Å². The first kappa shape index (κ1) is 19.9. The minimum Gasteiger partial charge on any atom is -0.352 e. The first-order chi connectivity index (χ1) is 12.3. The van der Waals surface area contributed by atoms with Crippen LogP contribution < -0.4 is 10.6 Å². The Hall–Kier alpha value is -2.41. The highest BCUT2D eigenvalue weighted by atomic mass is 127. The zero-order valence-corrected chi connectivity index (χ0v) is 17.1. The van der Waals surface area contributed by atoms with Crippen molar-refractivity contribution in [2.75, 3.05) is 5.32 Å². The summed E-state index contributed by atoms with van der Waals surface area (Å²) in [6, 6.07) is 22.5. The lowest BCUT2D eigenvalue weighted by molar-refractivity contribution is 0.891. The molecule has 0 radical (unpaired) electrons. The molecule has 1 aromatic heterocycles. The van der Waals surface area contributed by atoms with Crippen LogP contribution in [0.5, 0.6) is 0 Å². The topological polar surface area (TPSA) is 49.3 Å². The summed E-state index contributed by atoms with van der Waals surface area (Å²) in [5, 5.41) is 6.74. The number of nitrogens with zero attached hydrogens (tertiary/aromatic N) is 2. The number of hydrogen-bond donors (Lipinski definition) is 2. The van der Waals surface area contributed by atoms with Crippen LogP contribution in [0.2, 0.25) is 0 Å². The molecule has 0 atom stereocenters. The Bertz CT molecular complexity index is 802. The van der Waals surface area contributed by atoms with Crippen molar-refractivity contribution in [3.05, 3.63) is 95.8 Å². The van der Waals surface area contributed by atoms with Gasteiger partial charge >= 0.3 is 0 Å². The van der Waals surface area contributed by atoms with Gasteiger partial charge in [0.2, 0.25) is 0 Å². The largest absolute Gasteiger partial charge is 0.352 e. The summed E-state index contributed by atoms with van der Waals surface area (Å²) in [6.45, 7) is 3.38. The number of rotatable bonds is 5. The molecule has 0 unspecified atom stereocenters. The fraction of sp³-hybridized carbons (Fsp3) is 0.143. The van der Waals surface area contributed by atoms with Crippen LogP contribution in [0.25, 0.3) is 0 Å². The van der Waals surface area contributed by atoms with Gasteiger partial charge in [-0.25, -0.2) is 4.99 Å². The molecule has 3 aromatic rings. The molecule has 2 aromatic carbocycles. The maximum absolute atomic E-state index is 4.68. The Balaban J connectivity index is 0.00000243. The molecule has 0 bridgehead atoms. The molecule has 3 rings (SSSR count). The lowest BCUT2D eigenvalue weighted by Crippen LogP contribution is -2.30. The van der Waals surface area contributed by atoms with Crippen LogP contribution in [0, 0.1) is 6.92 Å². The third kappa shape index (κ3) is 6.48. The van der Waals surface area contributed by atoms with E-state index < -0.39 is 0 Å². The Morgan fingerprint density at radius 2 is 1.69 bits per heavy atom. The summed E-state index contributed by atoms with van der Waals surface area (Å²) in [4.78, 5) is 8.81. The minimum atomic E-state index is 0. The Labute approximate surface area is 171 Å². The summed E-state index contributed by atoms with van der Waals surface area (Å²) in [5.74, 6) is 0.746. The average Bonchev–Trinajstić information content (AvgIpc) is 2.67. The van der Waals surface area contributed by atoms with Crippen LogP contribution in [0.1, 0.15) is 16.7 Å². The lowest BCUT2D eigenvalue weighted by atomic mass is 10.1. The molecule has 0 aliphatic heterocycles. The van der Waals surface area contributed by atoms with Gasteiger partial charge in [0, 0.05) is 24.6 Å². The number of aromatic nitrogens is 1. The first-order valence-corrected chi connectivity index (χ1v) is 8.34. The molecule has 0 fully saturated rings. The van der Waals surface area contributed by atoms with E-state index in [-0.39, 0.29) is 24.0 Å². The highest BCUT2D eigenvalue weighted by molar-refractivity contribution is 14.0. The van der Waals surface area contributed by atoms with E-state index in [1.807, 2.05) is 48.7 Å². The summed E-state index contributed by atoms with van der Waals surface area (Å²) in [6.07, 6.45) is 3.61. The quantitative estimate of drug-likeness (QED) is 0.329. The van der Waals surface area contributed by atoms with Crippen molar-refractivity contribution in [3.63, 3.8) is 0 Å². The number of nitrogens with one attached hydrogen (secondary N) is 2. The molecule has 0 saturated heterocycles. The second kappa shape index (κ2) is 10.6. The molecule has 5 heteroatoms. The highest BCUT2D eigenvalue weighted by Gasteiger charge is 2.01. The van der Waals surface area contributed by atoms with Crippen LogP contribution >= 0.6 is 24.0 Å². The van der Waals surface area contributed by atoms with Crippen molar-refractivity contribution in [1.29, 1.82) is 0 Å². The van der Waals surface area contributed by atoms with Gasteiger partial charge in [-0.1, -0.05) is 54.1 Å². The van der Waals surface area contributed by atoms with E-state index in [1.54, 1.807) is 6.20 Å². The number of para-hydroxylation sites is 1. The van der Waals surface area contributed by atoms with Crippen LogP contribution in [0.4, 0.5) is 5.69 Å². The highest BCUT2D eigenvalue weighted by Crippen LogP contribution is 2.07. The molecular weight excluding hydrogens is 435 g/mol. The van der Waals surface area contributed by atoms with Crippen molar-refractivity contribution in [2.24, 2.45) is 4.99 Å². The van der Waals surface area contributed by atoms with Gasteiger partial charge in [-0.2, -0.15) is 0 Å². The summed E-state index contributed by atoms with van der Waals surface area (Å²) in [5.41, 5.74) is 4.56. The molecule has 0 amide bonds. The number of halogens is 1. The molecular formula is C21H23IN4. The second-order valence-corrected chi connectivity index (χ2v) is 5.86. The van der Waals surface area contributed by atoms with Gasteiger partial charge in [0.15, 0.2) is 5.96 Å². The maximum Gasteiger partial charge on any atom is 0.196 e. The van der Waals surface area contributed by atoms with E-state index in [0.29, 0.717) is 13.1 Å². The van der Waals surface area contributed by atoms with Crippen LogP contribution in [-0.2, 0) is 13.1 Å². The van der Waals surface area contributed by atoms with E-state index in [9.17, 15) is 0 Å². The molecule has 2 N–H and O–H groups in total. The predicted octanol–water partition coefficient (Wildman–Crippen LogP) is 4.77. The summed E-state index contributed by atoms with van der Waals surface area (Å²) >= 11 is 0. The fourth-order valence-electron chi connectivity index (χ4n) is 2.35. The number of hydrogen-bond acceptors (Lipinski definition) is 2. The van der Waals surface area contributed by atoms with E-state index in [0.717, 1.165) is 17.2 Å². The lowest BCUT2D eigenvalue weighted by Gasteiger charge is -2.13. The van der Waals surface area contributed by atoms with E-state index in [1.165, 1.54) is 11.1 Å². The van der Waals surface area contributed by atoms with Crippen molar-refractivity contribution in [1.82, 2.24) is 10.3 Å². The van der Waals surface area contributed by atoms with Gasteiger partial charge in [-0.3, -0.25) is 4.98 Å². The van der Waals surface area contributed by atoms with Crippen LogP contribution in [0.3, 0.4) is 0 Å². The number of anilines is 1. The summed E-state index contributed by atoms with van der Waals surface area (Å²) < 4.78 is 0. The van der Waals surface area contributed by atoms with Gasteiger partial charge in [0.05, 0.1) is 6.54 Å². The number of guanidine groups is 1. The van der Waals surface area contributed by atoms with Crippen molar-refractivity contribution in [3.8, 4) is 0 Å². The Kier molecular flexibility index (Phi) is 8.08.